The van der Waals surface area contributed by atoms with Crippen molar-refractivity contribution in [3.8, 4) is 11.1 Å². The van der Waals surface area contributed by atoms with Gasteiger partial charge in [-0.15, -0.1) is 0 Å². The lowest BCUT2D eigenvalue weighted by molar-refractivity contribution is -0.355. The molecule has 4 nitrogen and oxygen atoms in total. The van der Waals surface area contributed by atoms with Gasteiger partial charge in [-0.25, -0.2) is 4.39 Å². The summed E-state index contributed by atoms with van der Waals surface area (Å²) in [6.07, 6.45) is -4.13. The van der Waals surface area contributed by atoms with Crippen LogP contribution in [0.2, 0.25) is 0 Å². The Kier molecular flexibility index (Phi) is 3.55. The summed E-state index contributed by atoms with van der Waals surface area (Å²) in [5.41, 5.74) is 1.72. The van der Waals surface area contributed by atoms with Gasteiger partial charge in [0.05, 0.1) is 12.1 Å². The van der Waals surface area contributed by atoms with Crippen LogP contribution in [-0.2, 0) is 4.84 Å². The quantitative estimate of drug-likeness (QED) is 0.665. The molecule has 0 radical (unpaired) electrons. The minimum atomic E-state index is -5.00. The van der Waals surface area contributed by atoms with Gasteiger partial charge in [-0.2, -0.15) is 13.2 Å². The zero-order valence-corrected chi connectivity index (χ0v) is 13.1. The molecule has 2 heterocycles. The Hall–Kier alpha value is -2.87. The average molecular weight is 364 g/mol. The molecule has 0 fully saturated rings. The molecule has 2 N–H and O–H groups in total. The summed E-state index contributed by atoms with van der Waals surface area (Å²) in [6, 6.07) is 11.3. The first kappa shape index (κ1) is 16.6. The van der Waals surface area contributed by atoms with Crippen LogP contribution in [0.1, 0.15) is 12.0 Å². The van der Waals surface area contributed by atoms with Gasteiger partial charge in [-0.3, -0.25) is 0 Å². The van der Waals surface area contributed by atoms with Crippen LogP contribution in [0, 0.1) is 5.82 Å². The highest BCUT2D eigenvalue weighted by Crippen LogP contribution is 2.39. The monoisotopic (exact) mass is 364 g/mol. The number of fused-ring (bicyclic) bond motifs is 1. The van der Waals surface area contributed by atoms with Crippen molar-refractivity contribution in [3.05, 3.63) is 60.0 Å². The molecule has 26 heavy (non-hydrogen) atoms. The van der Waals surface area contributed by atoms with E-state index in [1.807, 2.05) is 12.1 Å². The first-order valence-corrected chi connectivity index (χ1v) is 7.68. The Balaban J connectivity index is 1.65. The number of hydrogen-bond donors (Lipinski definition) is 2. The summed E-state index contributed by atoms with van der Waals surface area (Å²) in [4.78, 5) is 7.19. The molecule has 3 aromatic rings. The summed E-state index contributed by atoms with van der Waals surface area (Å²) in [7, 11) is 0. The van der Waals surface area contributed by atoms with Gasteiger partial charge in [0.2, 0.25) is 0 Å². The Morgan fingerprint density at radius 2 is 1.85 bits per heavy atom. The second-order valence-electron chi connectivity index (χ2n) is 6.06. The van der Waals surface area contributed by atoms with Crippen LogP contribution in [0.3, 0.4) is 0 Å². The number of hydrogen-bond acceptors (Lipinski definition) is 3. The molecular weight excluding hydrogens is 352 g/mol. The topological polar surface area (TPSA) is 57.6 Å². The smallest absolute Gasteiger partial charge is 0.361 e. The Morgan fingerprint density at radius 1 is 1.08 bits per heavy atom. The highest BCUT2D eigenvalue weighted by Gasteiger charge is 2.60. The second-order valence-corrected chi connectivity index (χ2v) is 6.06. The number of alkyl halides is 3. The molecule has 4 rings (SSSR count). The fourth-order valence-electron chi connectivity index (χ4n) is 2.87. The van der Waals surface area contributed by atoms with Gasteiger partial charge in [0, 0.05) is 22.8 Å². The van der Waals surface area contributed by atoms with Gasteiger partial charge in [-0.1, -0.05) is 29.4 Å². The fraction of sp³-hybridized carbons (Fsp3) is 0.167. The molecule has 0 aliphatic carbocycles. The summed E-state index contributed by atoms with van der Waals surface area (Å²) >= 11 is 0. The van der Waals surface area contributed by atoms with Crippen molar-refractivity contribution in [2.45, 2.75) is 18.4 Å². The number of benzene rings is 2. The van der Waals surface area contributed by atoms with E-state index >= 15 is 0 Å². The molecule has 1 aliphatic heterocycles. The van der Waals surface area contributed by atoms with E-state index in [4.69, 9.17) is 0 Å². The molecule has 0 saturated heterocycles. The van der Waals surface area contributed by atoms with Crippen molar-refractivity contribution in [1.29, 1.82) is 0 Å². The van der Waals surface area contributed by atoms with E-state index in [0.29, 0.717) is 11.1 Å². The molecule has 134 valence electrons. The third-order valence-corrected chi connectivity index (χ3v) is 4.33. The summed E-state index contributed by atoms with van der Waals surface area (Å²) in [5, 5.41) is 13.7. The lowest BCUT2D eigenvalue weighted by Crippen LogP contribution is -2.45. The number of aromatic nitrogens is 1. The number of halogens is 4. The number of rotatable bonds is 2. The van der Waals surface area contributed by atoms with E-state index in [2.05, 4.69) is 15.0 Å². The molecule has 0 bridgehead atoms. The third kappa shape index (κ3) is 2.62. The number of oxime groups is 1. The van der Waals surface area contributed by atoms with Crippen LogP contribution in [0.25, 0.3) is 22.0 Å². The summed E-state index contributed by atoms with van der Waals surface area (Å²) in [6.45, 7) is 0. The molecule has 1 aliphatic rings. The number of aromatic amines is 1. The van der Waals surface area contributed by atoms with E-state index in [9.17, 15) is 22.7 Å². The van der Waals surface area contributed by atoms with E-state index in [0.717, 1.165) is 17.0 Å². The fourth-order valence-corrected chi connectivity index (χ4v) is 2.87. The number of nitrogens with zero attached hydrogens (tertiary/aromatic N) is 1. The predicted octanol–water partition coefficient (Wildman–Crippen LogP) is 4.35. The van der Waals surface area contributed by atoms with Crippen LogP contribution in [0.15, 0.2) is 53.8 Å². The number of aliphatic hydroxyl groups is 1. The van der Waals surface area contributed by atoms with Gasteiger partial charge in [0.25, 0.3) is 0 Å². The van der Waals surface area contributed by atoms with Crippen LogP contribution in [-0.4, -0.2) is 27.8 Å². The standard InChI is InChI=1S/C18H12F4N2O2/c19-14-7-12(16-9-17(25,26-24-16)18(20,21)22)3-4-13(14)11-2-1-10-5-6-23-15(10)8-11/h1-8,23,25H,9H2. The van der Waals surface area contributed by atoms with Gasteiger partial charge >= 0.3 is 12.0 Å². The van der Waals surface area contributed by atoms with Gasteiger partial charge < -0.3 is 14.9 Å². The molecule has 0 saturated carbocycles. The first-order valence-electron chi connectivity index (χ1n) is 7.68. The molecule has 8 heteroatoms. The molecular formula is C18H12F4N2O2. The maximum Gasteiger partial charge on any atom is 0.458 e. The summed E-state index contributed by atoms with van der Waals surface area (Å²) < 4.78 is 52.9. The lowest BCUT2D eigenvalue weighted by Gasteiger charge is -2.22. The molecule has 1 unspecified atom stereocenters. The maximum atomic E-state index is 14.6. The molecule has 0 spiro atoms. The minimum Gasteiger partial charge on any atom is -0.361 e. The maximum absolute atomic E-state index is 14.6. The van der Waals surface area contributed by atoms with Gasteiger partial charge in [0.1, 0.15) is 5.82 Å². The summed E-state index contributed by atoms with van der Waals surface area (Å²) in [5.74, 6) is -3.99. The Labute approximate surface area is 144 Å². The molecule has 1 aromatic heterocycles. The number of H-pyrrole nitrogens is 1. The highest BCUT2D eigenvalue weighted by molar-refractivity contribution is 6.02. The van der Waals surface area contributed by atoms with E-state index in [1.165, 1.54) is 12.1 Å². The highest BCUT2D eigenvalue weighted by atomic mass is 19.4. The van der Waals surface area contributed by atoms with Crippen molar-refractivity contribution in [1.82, 2.24) is 4.98 Å². The van der Waals surface area contributed by atoms with Crippen molar-refractivity contribution < 1.29 is 27.5 Å². The second kappa shape index (κ2) is 5.57. The molecule has 2 aromatic carbocycles. The molecule has 1 atom stereocenters. The average Bonchev–Trinajstić information content (AvgIpc) is 3.20. The number of nitrogens with one attached hydrogen (secondary N) is 1. The SMILES string of the molecule is OC1(C(F)(F)F)CC(c2ccc(-c3ccc4cc[nH]c4c3)c(F)c2)=NO1. The van der Waals surface area contributed by atoms with Crippen LogP contribution >= 0.6 is 0 Å². The van der Waals surface area contributed by atoms with Crippen molar-refractivity contribution in [2.75, 3.05) is 0 Å². The van der Waals surface area contributed by atoms with Gasteiger partial charge in [-0.05, 0) is 29.1 Å². The minimum absolute atomic E-state index is 0.118. The van der Waals surface area contributed by atoms with Crippen LogP contribution in [0.4, 0.5) is 17.6 Å². The normalized spacial score (nSPS) is 20.3. The predicted molar refractivity (Wildman–Crippen MR) is 86.9 cm³/mol. The van der Waals surface area contributed by atoms with Crippen molar-refractivity contribution >= 4 is 16.6 Å². The van der Waals surface area contributed by atoms with Crippen LogP contribution in [0.5, 0.6) is 0 Å². The van der Waals surface area contributed by atoms with E-state index in [1.54, 1.807) is 18.3 Å². The first-order chi connectivity index (χ1) is 12.3. The molecule has 0 amide bonds. The van der Waals surface area contributed by atoms with Crippen molar-refractivity contribution in [2.24, 2.45) is 5.16 Å². The van der Waals surface area contributed by atoms with Crippen molar-refractivity contribution in [3.63, 3.8) is 0 Å². The Bertz CT molecular complexity index is 1030. The van der Waals surface area contributed by atoms with Crippen LogP contribution < -0.4 is 0 Å². The van der Waals surface area contributed by atoms with E-state index < -0.39 is 24.2 Å². The van der Waals surface area contributed by atoms with E-state index in [-0.39, 0.29) is 11.3 Å². The Morgan fingerprint density at radius 3 is 2.54 bits per heavy atom. The zero-order valence-electron chi connectivity index (χ0n) is 13.1. The third-order valence-electron chi connectivity index (χ3n) is 4.33. The lowest BCUT2D eigenvalue weighted by atomic mass is 9.98. The zero-order chi connectivity index (χ0) is 18.5. The largest absolute Gasteiger partial charge is 0.458 e. The van der Waals surface area contributed by atoms with Gasteiger partial charge in [0.15, 0.2) is 0 Å².